The Kier molecular flexibility index (Phi) is 33.7. The Labute approximate surface area is 826 Å². The number of hydrogen-bond donors (Lipinski definition) is 0. The van der Waals surface area contributed by atoms with Gasteiger partial charge in [-0.1, -0.05) is 255 Å². The van der Waals surface area contributed by atoms with Crippen molar-refractivity contribution in [1.29, 1.82) is 21.0 Å². The molecule has 8 aliphatic heterocycles. The van der Waals surface area contributed by atoms with E-state index in [0.29, 0.717) is 83.5 Å². The van der Waals surface area contributed by atoms with E-state index in [2.05, 4.69) is 263 Å². The molecule has 18 rings (SSSR count). The van der Waals surface area contributed by atoms with Gasteiger partial charge in [0, 0.05) is 101 Å². The molecule has 10 aromatic carbocycles. The lowest BCUT2D eigenvalue weighted by Gasteiger charge is -2.36. The molecule has 696 valence electrons. The van der Waals surface area contributed by atoms with Crippen LogP contribution >= 0.6 is 0 Å². The molecule has 0 aromatic heterocycles. The molecule has 140 heavy (non-hydrogen) atoms. The van der Waals surface area contributed by atoms with Gasteiger partial charge >= 0.3 is 0 Å². The third-order valence-corrected chi connectivity index (χ3v) is 27.2. The maximum Gasteiger partial charge on any atom is 0.265 e. The molecular formula is C124H116N12O4. The lowest BCUT2D eigenvalue weighted by molar-refractivity contribution is 0.0143. The van der Waals surface area contributed by atoms with Crippen molar-refractivity contribution in [1.82, 2.24) is 0 Å². The van der Waals surface area contributed by atoms with E-state index in [4.69, 9.17) is 50.5 Å². The Morgan fingerprint density at radius 3 is 0.886 bits per heavy atom. The molecule has 0 saturated carbocycles. The highest BCUT2D eigenvalue weighted by Gasteiger charge is 2.36. The number of piperidine rings is 4. The van der Waals surface area contributed by atoms with Crippen LogP contribution in [0.1, 0.15) is 190 Å². The predicted octanol–water partition coefficient (Wildman–Crippen LogP) is 29.2. The monoisotopic (exact) mass is 1840 g/mol. The van der Waals surface area contributed by atoms with E-state index in [1.54, 1.807) is 6.08 Å². The number of ether oxygens (including phenoxy) is 4. The van der Waals surface area contributed by atoms with Crippen molar-refractivity contribution in [3.8, 4) is 24.3 Å². The van der Waals surface area contributed by atoms with E-state index in [0.717, 1.165) is 96.9 Å². The van der Waals surface area contributed by atoms with Gasteiger partial charge in [-0.25, -0.2) is 40.4 Å². The number of nitrogens with zero attached hydrogens (tertiary/aromatic N) is 12. The summed E-state index contributed by atoms with van der Waals surface area (Å²) in [4.78, 5) is 23.4. The summed E-state index contributed by atoms with van der Waals surface area (Å²) in [6.45, 7) is 45.7. The highest BCUT2D eigenvalue weighted by atomic mass is 16.5. The van der Waals surface area contributed by atoms with Crippen molar-refractivity contribution < 1.29 is 18.9 Å². The summed E-state index contributed by atoms with van der Waals surface area (Å²) in [6.07, 6.45) is 34.2. The fourth-order valence-electron chi connectivity index (χ4n) is 19.6. The first-order valence-corrected chi connectivity index (χ1v) is 48.5. The van der Waals surface area contributed by atoms with Gasteiger partial charge < -0.3 is 38.5 Å². The first-order chi connectivity index (χ1) is 68.4. The van der Waals surface area contributed by atoms with Gasteiger partial charge in [0.2, 0.25) is 0 Å². The van der Waals surface area contributed by atoms with Gasteiger partial charge in [-0.15, -0.1) is 0 Å². The Balaban J connectivity index is 0.000000142. The Hall–Kier alpha value is -16.6. The number of nitriles is 4. The molecule has 3 unspecified atom stereocenters. The summed E-state index contributed by atoms with van der Waals surface area (Å²) >= 11 is 0. The van der Waals surface area contributed by atoms with Crippen LogP contribution in [-0.2, 0) is 24.5 Å². The van der Waals surface area contributed by atoms with E-state index >= 15 is 0 Å². The molecule has 16 nitrogen and oxygen atoms in total. The molecule has 0 amide bonds. The molecule has 4 fully saturated rings. The zero-order chi connectivity index (χ0) is 97.4. The minimum atomic E-state index is -0.659. The van der Waals surface area contributed by atoms with Crippen LogP contribution in [0.3, 0.4) is 0 Å². The Morgan fingerprint density at radius 1 is 0.307 bits per heavy atom. The molecule has 8 heterocycles. The van der Waals surface area contributed by atoms with Crippen LogP contribution < -0.4 is 19.6 Å². The van der Waals surface area contributed by atoms with Gasteiger partial charge in [0.05, 0.1) is 56.7 Å². The summed E-state index contributed by atoms with van der Waals surface area (Å²) in [6, 6.07) is 106. The third kappa shape index (κ3) is 26.6. The first kappa shape index (κ1) is 97.9. The average Bonchev–Trinajstić information content (AvgIpc) is 0.777. The van der Waals surface area contributed by atoms with Crippen LogP contribution in [0.2, 0.25) is 0 Å². The summed E-state index contributed by atoms with van der Waals surface area (Å²) in [7, 11) is 0. The van der Waals surface area contributed by atoms with E-state index < -0.39 is 11.2 Å². The standard InChI is InChI=1S/C34H31N3O.C33H29N3O.C29H29N3O.C28H27N3O/c1-34(30-11-7-4-8-12-30)24-29(33(25-35)36-2)23-32(38-34)18-15-26-13-16-31(17-14-26)37-21-19-28(20-22-37)27-9-5-3-6-10-27;1-35-32(24-34)29-22-31(37-33(23-29)28-10-6-3-7-11-28)17-14-25-12-15-30(16-13-25)36-20-18-27(19-21-36)26-8-4-2-5-9-26;1-29(2)20-25(28(21-30)31-3)19-27(33-29)14-11-22-9-12-26(13-10-22)32-17-15-24(16-18-32)23-7-5-4-6-8-23;1-21-18-25(28(20-29)30-2)19-27(32-21)13-10-22-8-11-26(12-9-22)31-16-14-24(15-17-31)23-6-4-3-5-7-23/h3-18,23,28H,19-22,24H2,1H3;2-17,22,27,33H,18-21,23H2;4-14,19,24H,15-18,20H2,1-2H3;3-13,19,21,24H,14-18H2,1H3/b18-15+,33-29+;17-14+,32-29+;14-11+,28-25+;13-10+,28-25-. The second-order valence-corrected chi connectivity index (χ2v) is 37.2. The fraction of sp³-hybridized carbons (Fsp3) is 0.258. The second-order valence-electron chi connectivity index (χ2n) is 37.2. The zero-order valence-electron chi connectivity index (χ0n) is 80.1. The predicted molar refractivity (Wildman–Crippen MR) is 563 cm³/mol. The van der Waals surface area contributed by atoms with E-state index in [9.17, 15) is 15.8 Å². The fourth-order valence-corrected chi connectivity index (χ4v) is 19.6. The molecular weight excluding hydrogens is 1720 g/mol. The summed E-state index contributed by atoms with van der Waals surface area (Å²) in [5.41, 5.74) is 19.5. The molecule has 16 heteroatoms. The lowest BCUT2D eigenvalue weighted by atomic mass is 9.85. The van der Waals surface area contributed by atoms with E-state index in [1.807, 2.05) is 173 Å². The van der Waals surface area contributed by atoms with Crippen molar-refractivity contribution >= 4 is 47.1 Å². The van der Waals surface area contributed by atoms with Crippen molar-refractivity contribution in [3.05, 3.63) is 497 Å². The van der Waals surface area contributed by atoms with Crippen LogP contribution in [0.25, 0.3) is 43.7 Å². The van der Waals surface area contributed by atoms with Crippen LogP contribution in [0.15, 0.2) is 396 Å². The highest BCUT2D eigenvalue weighted by Crippen LogP contribution is 2.44. The molecule has 0 N–H and O–H groups in total. The SMILES string of the molecule is [C-]#[N+]/C(C#N)=C1C=C(/C=C/c2ccc(N3CCC(c4ccccc4)CC3)cc2)OC(C)(C)C\1.[C-]#[N+]/C(C#N)=C1C=C(/C=C/c2ccc(N3CCC(c4ccccc4)CC3)cc2)OC(C)(c2ccccc2)C\1.[C-]#[N+]/C(C#N)=C1C=C(/C=C/c2ccc(N3CCC(c4ccccc4)CC3)cc2)OC(C)C\1.[C-]#[N+]/C(C#N)=C1C=C(/C=C/c2ccc(N3CCC(c4ccccc4)CC3)cc2)OC(c2ccccc2)C\1. The normalized spacial score (nSPS) is 20.3. The number of allylic oxidation sites excluding steroid dienone is 12. The molecule has 0 bridgehead atoms. The molecule has 4 saturated heterocycles. The zero-order valence-corrected chi connectivity index (χ0v) is 80.1. The van der Waals surface area contributed by atoms with Gasteiger partial charge in [-0.2, -0.15) is 0 Å². The number of benzene rings is 10. The Morgan fingerprint density at radius 2 is 0.571 bits per heavy atom. The van der Waals surface area contributed by atoms with Crippen molar-refractivity contribution in [2.45, 2.75) is 152 Å². The van der Waals surface area contributed by atoms with Crippen LogP contribution in [0.5, 0.6) is 0 Å². The number of rotatable bonds is 18. The van der Waals surface area contributed by atoms with E-state index in [1.165, 1.54) is 96.4 Å². The van der Waals surface area contributed by atoms with Gasteiger partial charge in [0.1, 0.15) is 40.3 Å². The third-order valence-electron chi connectivity index (χ3n) is 27.2. The highest BCUT2D eigenvalue weighted by molar-refractivity contribution is 5.64. The summed E-state index contributed by atoms with van der Waals surface area (Å²) < 4.78 is 24.6. The van der Waals surface area contributed by atoms with Crippen molar-refractivity contribution in [2.75, 3.05) is 72.0 Å². The minimum absolute atomic E-state index is 0.0547. The Bertz CT molecular complexity index is 6640. The van der Waals surface area contributed by atoms with Crippen LogP contribution in [0, 0.1) is 71.6 Å². The quantitative estimate of drug-likeness (QED) is 0.0591. The number of hydrogen-bond acceptors (Lipinski definition) is 12. The van der Waals surface area contributed by atoms with Gasteiger partial charge in [0.25, 0.3) is 22.8 Å². The maximum atomic E-state index is 9.51. The second kappa shape index (κ2) is 48.2. The van der Waals surface area contributed by atoms with Gasteiger partial charge in [-0.05, 0) is 278 Å². The molecule has 0 radical (unpaired) electrons. The maximum absolute atomic E-state index is 9.51. The van der Waals surface area contributed by atoms with Crippen molar-refractivity contribution in [2.24, 2.45) is 0 Å². The summed E-state index contributed by atoms with van der Waals surface area (Å²) in [5, 5.41) is 37.3. The molecule has 8 aliphatic rings. The van der Waals surface area contributed by atoms with E-state index in [-0.39, 0.29) is 35.0 Å². The topological polar surface area (TPSA) is 162 Å². The summed E-state index contributed by atoms with van der Waals surface area (Å²) in [5.74, 6) is 5.24. The van der Waals surface area contributed by atoms with Gasteiger partial charge in [-0.3, -0.25) is 0 Å². The van der Waals surface area contributed by atoms with Crippen LogP contribution in [-0.4, -0.2) is 64.1 Å². The lowest BCUT2D eigenvalue weighted by Crippen LogP contribution is -2.32. The van der Waals surface area contributed by atoms with Crippen LogP contribution in [0.4, 0.5) is 22.7 Å². The average molecular weight is 1840 g/mol. The largest absolute Gasteiger partial charge is 0.490 e. The number of anilines is 4. The molecule has 3 atom stereocenters. The smallest absolute Gasteiger partial charge is 0.265 e. The minimum Gasteiger partial charge on any atom is -0.490 e. The first-order valence-electron chi connectivity index (χ1n) is 48.5. The molecule has 10 aromatic rings. The molecule has 0 spiro atoms. The molecule has 0 aliphatic carbocycles. The van der Waals surface area contributed by atoms with Gasteiger partial charge in [0.15, 0.2) is 0 Å². The van der Waals surface area contributed by atoms with Crippen molar-refractivity contribution in [3.63, 3.8) is 0 Å².